The summed E-state index contributed by atoms with van der Waals surface area (Å²) in [5, 5.41) is 5.85. The smallest absolute Gasteiger partial charge is 0.285 e. The summed E-state index contributed by atoms with van der Waals surface area (Å²) in [5.41, 5.74) is 2.83. The molecule has 0 aliphatic carbocycles. The number of hydrogen-bond acceptors (Lipinski definition) is 6. The van der Waals surface area contributed by atoms with Gasteiger partial charge in [-0.2, -0.15) is 8.42 Å². The minimum absolute atomic E-state index is 0.0585. The maximum atomic E-state index is 13.0. The van der Waals surface area contributed by atoms with Gasteiger partial charge in [0.25, 0.3) is 10.0 Å². The van der Waals surface area contributed by atoms with Crippen molar-refractivity contribution in [2.45, 2.75) is 25.7 Å². The van der Waals surface area contributed by atoms with Crippen molar-refractivity contribution < 1.29 is 17.9 Å². The predicted molar refractivity (Wildman–Crippen MR) is 124 cm³/mol. The van der Waals surface area contributed by atoms with Crippen LogP contribution in [0.2, 0.25) is 0 Å². The normalized spacial score (nSPS) is 11.7. The zero-order valence-electron chi connectivity index (χ0n) is 18.5. The van der Waals surface area contributed by atoms with Crippen LogP contribution in [0.3, 0.4) is 0 Å². The van der Waals surface area contributed by atoms with Crippen molar-refractivity contribution >= 4 is 27.6 Å². The Hall–Kier alpha value is -3.66. The van der Waals surface area contributed by atoms with Crippen molar-refractivity contribution in [3.8, 4) is 11.5 Å². The number of anilines is 2. The molecular weight excluding hydrogens is 430 g/mol. The Morgan fingerprint density at radius 1 is 0.875 bits per heavy atom. The van der Waals surface area contributed by atoms with E-state index >= 15 is 0 Å². The SMILES string of the molecule is COc1ccc(OC)c(N/C(=N/S(=O)(=O)c2ccc(C)cc2)Nc2nc(C)cc(C)n2)c1. The van der Waals surface area contributed by atoms with Crippen LogP contribution in [0.1, 0.15) is 17.0 Å². The molecule has 0 amide bonds. The van der Waals surface area contributed by atoms with Crippen LogP contribution in [-0.2, 0) is 10.0 Å². The molecule has 9 nitrogen and oxygen atoms in total. The number of sulfonamides is 1. The van der Waals surface area contributed by atoms with Crippen LogP contribution in [-0.4, -0.2) is 38.6 Å². The fourth-order valence-electron chi connectivity index (χ4n) is 2.89. The number of benzene rings is 2. The summed E-state index contributed by atoms with van der Waals surface area (Å²) >= 11 is 0. The molecule has 1 heterocycles. The number of aromatic nitrogens is 2. The second-order valence-electron chi connectivity index (χ2n) is 7.02. The van der Waals surface area contributed by atoms with Gasteiger partial charge in [-0.3, -0.25) is 5.32 Å². The lowest BCUT2D eigenvalue weighted by Gasteiger charge is -2.15. The molecule has 2 aromatic carbocycles. The van der Waals surface area contributed by atoms with E-state index in [1.54, 1.807) is 30.3 Å². The van der Waals surface area contributed by atoms with Crippen LogP contribution in [0.5, 0.6) is 11.5 Å². The number of hydrogen-bond donors (Lipinski definition) is 2. The van der Waals surface area contributed by atoms with Gasteiger partial charge in [0.1, 0.15) is 11.5 Å². The van der Waals surface area contributed by atoms with Crippen molar-refractivity contribution in [3.05, 3.63) is 65.5 Å². The Kier molecular flexibility index (Phi) is 6.94. The standard InChI is InChI=1S/C22H25N5O4S/c1-14-6-9-18(10-7-14)32(28,29)27-22(26-21-23-15(2)12-16(3)24-21)25-19-13-17(30-4)8-11-20(19)31-5/h6-13H,1-5H3,(H2,23,24,25,26,27). The first-order valence-electron chi connectivity index (χ1n) is 9.70. The van der Waals surface area contributed by atoms with Gasteiger partial charge in [0.05, 0.1) is 24.8 Å². The highest BCUT2D eigenvalue weighted by atomic mass is 32.2. The maximum Gasteiger partial charge on any atom is 0.285 e. The van der Waals surface area contributed by atoms with E-state index in [0.29, 0.717) is 17.2 Å². The molecule has 3 aromatic rings. The van der Waals surface area contributed by atoms with Gasteiger partial charge >= 0.3 is 0 Å². The Bertz CT molecular complexity index is 1220. The maximum absolute atomic E-state index is 13.0. The molecule has 0 unspecified atom stereocenters. The minimum atomic E-state index is -4.04. The Labute approximate surface area is 187 Å². The van der Waals surface area contributed by atoms with Gasteiger partial charge in [-0.25, -0.2) is 9.97 Å². The van der Waals surface area contributed by atoms with Gasteiger partial charge in [-0.05, 0) is 51.1 Å². The molecule has 0 aliphatic rings. The molecule has 0 saturated heterocycles. The molecule has 0 saturated carbocycles. The number of nitrogens with one attached hydrogen (secondary N) is 2. The lowest BCUT2D eigenvalue weighted by atomic mass is 10.2. The van der Waals surface area contributed by atoms with Crippen LogP contribution in [0.25, 0.3) is 0 Å². The van der Waals surface area contributed by atoms with Crippen molar-refractivity contribution in [1.29, 1.82) is 0 Å². The van der Waals surface area contributed by atoms with E-state index in [0.717, 1.165) is 17.0 Å². The molecule has 0 aliphatic heterocycles. The molecule has 168 valence electrons. The highest BCUT2D eigenvalue weighted by molar-refractivity contribution is 7.90. The number of rotatable bonds is 6. The van der Waals surface area contributed by atoms with E-state index in [1.165, 1.54) is 26.4 Å². The molecule has 0 atom stereocenters. The zero-order chi connectivity index (χ0) is 23.3. The van der Waals surface area contributed by atoms with E-state index in [9.17, 15) is 8.42 Å². The van der Waals surface area contributed by atoms with E-state index < -0.39 is 10.0 Å². The average Bonchev–Trinajstić information content (AvgIpc) is 2.73. The molecule has 0 bridgehead atoms. The van der Waals surface area contributed by atoms with Crippen LogP contribution in [0.15, 0.2) is 57.8 Å². The summed E-state index contributed by atoms with van der Waals surface area (Å²) in [4.78, 5) is 8.68. The summed E-state index contributed by atoms with van der Waals surface area (Å²) in [6, 6.07) is 13.3. The lowest BCUT2D eigenvalue weighted by Crippen LogP contribution is -2.25. The Morgan fingerprint density at radius 3 is 2.12 bits per heavy atom. The third-order valence-corrected chi connectivity index (χ3v) is 5.69. The Morgan fingerprint density at radius 2 is 1.53 bits per heavy atom. The molecule has 3 rings (SSSR count). The molecule has 1 aromatic heterocycles. The van der Waals surface area contributed by atoms with Gasteiger partial charge in [-0.1, -0.05) is 17.7 Å². The first kappa shape index (κ1) is 23.0. The van der Waals surface area contributed by atoms with Gasteiger partial charge in [-0.15, -0.1) is 4.40 Å². The van der Waals surface area contributed by atoms with Crippen LogP contribution in [0, 0.1) is 20.8 Å². The zero-order valence-corrected chi connectivity index (χ0v) is 19.3. The summed E-state index contributed by atoms with van der Waals surface area (Å²) in [6.07, 6.45) is 0. The Balaban J connectivity index is 2.07. The summed E-state index contributed by atoms with van der Waals surface area (Å²) in [5.74, 6) is 1.13. The summed E-state index contributed by atoms with van der Waals surface area (Å²) in [7, 11) is -0.998. The number of methoxy groups -OCH3 is 2. The van der Waals surface area contributed by atoms with Crippen LogP contribution in [0.4, 0.5) is 11.6 Å². The summed E-state index contributed by atoms with van der Waals surface area (Å²) < 4.78 is 40.6. The third kappa shape index (κ3) is 5.73. The second-order valence-corrected chi connectivity index (χ2v) is 8.62. The number of nitrogens with zero attached hydrogens (tertiary/aromatic N) is 3. The molecule has 2 N–H and O–H groups in total. The van der Waals surface area contributed by atoms with Crippen molar-refractivity contribution in [2.75, 3.05) is 24.9 Å². The molecule has 32 heavy (non-hydrogen) atoms. The van der Waals surface area contributed by atoms with E-state index in [-0.39, 0.29) is 16.8 Å². The van der Waals surface area contributed by atoms with Gasteiger partial charge < -0.3 is 14.8 Å². The largest absolute Gasteiger partial charge is 0.497 e. The topological polar surface area (TPSA) is 115 Å². The van der Waals surface area contributed by atoms with Crippen LogP contribution < -0.4 is 20.1 Å². The monoisotopic (exact) mass is 455 g/mol. The highest BCUT2D eigenvalue weighted by Gasteiger charge is 2.17. The van der Waals surface area contributed by atoms with E-state index in [1.807, 2.05) is 26.8 Å². The van der Waals surface area contributed by atoms with Crippen LogP contribution >= 0.6 is 0 Å². The number of guanidine groups is 1. The fourth-order valence-corrected chi connectivity index (χ4v) is 3.80. The minimum Gasteiger partial charge on any atom is -0.497 e. The molecular formula is C22H25N5O4S. The molecule has 10 heteroatoms. The molecule has 0 radical (unpaired) electrons. The van der Waals surface area contributed by atoms with Gasteiger partial charge in [0.2, 0.25) is 11.9 Å². The highest BCUT2D eigenvalue weighted by Crippen LogP contribution is 2.29. The van der Waals surface area contributed by atoms with Crippen molar-refractivity contribution in [2.24, 2.45) is 4.40 Å². The number of aryl methyl sites for hydroxylation is 3. The van der Waals surface area contributed by atoms with Crippen molar-refractivity contribution in [3.63, 3.8) is 0 Å². The molecule has 0 spiro atoms. The second kappa shape index (κ2) is 9.65. The van der Waals surface area contributed by atoms with E-state index in [2.05, 4.69) is 25.0 Å². The fraction of sp³-hybridized carbons (Fsp3) is 0.227. The first-order chi connectivity index (χ1) is 15.2. The lowest BCUT2D eigenvalue weighted by molar-refractivity contribution is 0.405. The summed E-state index contributed by atoms with van der Waals surface area (Å²) in [6.45, 7) is 5.51. The van der Waals surface area contributed by atoms with Crippen molar-refractivity contribution in [1.82, 2.24) is 9.97 Å². The van der Waals surface area contributed by atoms with E-state index in [4.69, 9.17) is 9.47 Å². The van der Waals surface area contributed by atoms with Gasteiger partial charge in [0.15, 0.2) is 0 Å². The van der Waals surface area contributed by atoms with Gasteiger partial charge in [0, 0.05) is 17.5 Å². The first-order valence-corrected chi connectivity index (χ1v) is 11.1. The quantitative estimate of drug-likeness (QED) is 0.427. The average molecular weight is 456 g/mol. The molecule has 0 fully saturated rings. The number of ether oxygens (including phenoxy) is 2. The predicted octanol–water partition coefficient (Wildman–Crippen LogP) is 3.69. The third-order valence-electron chi connectivity index (χ3n) is 4.40.